The Bertz CT molecular complexity index is 1330. The number of rotatable bonds is 2. The van der Waals surface area contributed by atoms with E-state index in [2.05, 4.69) is 4.98 Å². The van der Waals surface area contributed by atoms with Crippen molar-refractivity contribution in [1.82, 2.24) is 9.55 Å². The summed E-state index contributed by atoms with van der Waals surface area (Å²) in [7, 11) is 0. The molecule has 0 saturated carbocycles. The molecule has 0 radical (unpaired) electrons. The molecule has 1 atom stereocenters. The normalized spacial score (nSPS) is 19.4. The van der Waals surface area contributed by atoms with Crippen LogP contribution in [0, 0.1) is 11.6 Å². The van der Waals surface area contributed by atoms with E-state index in [-0.39, 0.29) is 48.1 Å². The average molecular weight is 413 g/mol. The minimum absolute atomic E-state index is 0.0181. The van der Waals surface area contributed by atoms with Crippen molar-refractivity contribution in [2.75, 3.05) is 0 Å². The van der Waals surface area contributed by atoms with Gasteiger partial charge in [0.25, 0.3) is 5.56 Å². The molecular formula is C21H17F2N3O4. The van der Waals surface area contributed by atoms with E-state index in [0.29, 0.717) is 22.5 Å². The standard InChI is InChI=1S/C21H17F2N3O4/c1-2-21(29)13-5-16-18-11(7-26(16)19(27)12(13)8-30-20(21)28)10(6-24)17-14(23)3-9(22)4-15(17)25-18/h3-5,29H,2,6-8,24H2,1H3/t21-/m0/s1. The molecule has 0 aliphatic carbocycles. The number of hydrogen-bond acceptors (Lipinski definition) is 6. The number of hydrogen-bond donors (Lipinski definition) is 2. The van der Waals surface area contributed by atoms with E-state index in [9.17, 15) is 23.5 Å². The summed E-state index contributed by atoms with van der Waals surface area (Å²) in [5, 5.41) is 11.0. The summed E-state index contributed by atoms with van der Waals surface area (Å²) < 4.78 is 34.8. The van der Waals surface area contributed by atoms with E-state index in [1.165, 1.54) is 4.57 Å². The summed E-state index contributed by atoms with van der Waals surface area (Å²) >= 11 is 0. The molecule has 7 nitrogen and oxygen atoms in total. The number of carbonyl (C=O) groups is 1. The number of pyridine rings is 2. The molecule has 2 aliphatic heterocycles. The van der Waals surface area contributed by atoms with Crippen LogP contribution in [0.3, 0.4) is 0 Å². The third-order valence-electron chi connectivity index (χ3n) is 6.02. The Morgan fingerprint density at radius 3 is 2.73 bits per heavy atom. The Morgan fingerprint density at radius 1 is 1.27 bits per heavy atom. The number of fused-ring (bicyclic) bond motifs is 5. The van der Waals surface area contributed by atoms with E-state index < -0.39 is 28.8 Å². The Morgan fingerprint density at radius 2 is 2.03 bits per heavy atom. The molecule has 154 valence electrons. The van der Waals surface area contributed by atoms with E-state index in [1.54, 1.807) is 13.0 Å². The van der Waals surface area contributed by atoms with Gasteiger partial charge in [-0.1, -0.05) is 6.92 Å². The second-order valence-electron chi connectivity index (χ2n) is 7.51. The summed E-state index contributed by atoms with van der Waals surface area (Å²) in [6.45, 7) is 1.43. The van der Waals surface area contributed by atoms with Crippen LogP contribution in [0.5, 0.6) is 0 Å². The molecule has 0 saturated heterocycles. The third-order valence-corrected chi connectivity index (χ3v) is 6.02. The Balaban J connectivity index is 1.86. The minimum Gasteiger partial charge on any atom is -0.458 e. The van der Waals surface area contributed by atoms with Crippen molar-refractivity contribution in [3.8, 4) is 11.4 Å². The van der Waals surface area contributed by atoms with Gasteiger partial charge in [0.1, 0.15) is 18.2 Å². The first-order valence-corrected chi connectivity index (χ1v) is 9.47. The van der Waals surface area contributed by atoms with Gasteiger partial charge in [-0.25, -0.2) is 18.6 Å². The first-order chi connectivity index (χ1) is 14.3. The first-order valence-electron chi connectivity index (χ1n) is 9.47. The molecule has 0 amide bonds. The molecule has 2 aromatic heterocycles. The number of nitrogens with two attached hydrogens (primary N) is 1. The quantitative estimate of drug-likeness (QED) is 0.486. The number of halogens is 2. The van der Waals surface area contributed by atoms with Crippen LogP contribution in [0.1, 0.15) is 35.6 Å². The molecule has 0 bridgehead atoms. The number of cyclic esters (lactones) is 1. The van der Waals surface area contributed by atoms with E-state index in [1.807, 2.05) is 0 Å². The SMILES string of the molecule is CC[C@@]1(O)C(=O)OCc2c1cc1n(c2=O)Cc2c-1nc1cc(F)cc(F)c1c2CN. The van der Waals surface area contributed by atoms with Crippen LogP contribution in [0.25, 0.3) is 22.3 Å². The van der Waals surface area contributed by atoms with Crippen LogP contribution in [0.2, 0.25) is 0 Å². The second kappa shape index (κ2) is 6.16. The van der Waals surface area contributed by atoms with Gasteiger partial charge in [0, 0.05) is 35.2 Å². The topological polar surface area (TPSA) is 107 Å². The van der Waals surface area contributed by atoms with Crippen molar-refractivity contribution in [1.29, 1.82) is 0 Å². The van der Waals surface area contributed by atoms with Crippen LogP contribution in [0.15, 0.2) is 23.0 Å². The maximum atomic E-state index is 14.5. The van der Waals surface area contributed by atoms with Gasteiger partial charge in [0.2, 0.25) is 0 Å². The summed E-state index contributed by atoms with van der Waals surface area (Å²) in [6, 6.07) is 3.42. The van der Waals surface area contributed by atoms with E-state index in [0.717, 1.165) is 12.1 Å². The summed E-state index contributed by atoms with van der Waals surface area (Å²) in [4.78, 5) is 29.8. The highest BCUT2D eigenvalue weighted by molar-refractivity contribution is 5.89. The third kappa shape index (κ3) is 2.27. The van der Waals surface area contributed by atoms with Crippen molar-refractivity contribution in [2.45, 2.75) is 38.6 Å². The highest BCUT2D eigenvalue weighted by Gasteiger charge is 2.45. The van der Waals surface area contributed by atoms with Gasteiger partial charge in [0.05, 0.1) is 29.0 Å². The molecule has 9 heteroatoms. The summed E-state index contributed by atoms with van der Waals surface area (Å²) in [5.74, 6) is -2.37. The lowest BCUT2D eigenvalue weighted by Gasteiger charge is -2.31. The monoisotopic (exact) mass is 413 g/mol. The van der Waals surface area contributed by atoms with Crippen LogP contribution in [-0.4, -0.2) is 20.6 Å². The van der Waals surface area contributed by atoms with Gasteiger partial charge in [-0.05, 0) is 18.1 Å². The molecule has 5 rings (SSSR count). The van der Waals surface area contributed by atoms with E-state index in [4.69, 9.17) is 10.5 Å². The fourth-order valence-corrected chi connectivity index (χ4v) is 4.45. The number of nitrogens with zero attached hydrogens (tertiary/aromatic N) is 2. The number of benzene rings is 1. The largest absolute Gasteiger partial charge is 0.458 e. The average Bonchev–Trinajstić information content (AvgIpc) is 3.08. The molecule has 3 N–H and O–H groups in total. The van der Waals surface area contributed by atoms with Crippen LogP contribution >= 0.6 is 0 Å². The van der Waals surface area contributed by atoms with Crippen LogP contribution in [0.4, 0.5) is 8.78 Å². The predicted octanol–water partition coefficient (Wildman–Crippen LogP) is 1.82. The Hall–Kier alpha value is -3.17. The summed E-state index contributed by atoms with van der Waals surface area (Å²) in [6.07, 6.45) is 0.0181. The van der Waals surface area contributed by atoms with Gasteiger partial charge in [0.15, 0.2) is 5.60 Å². The highest BCUT2D eigenvalue weighted by atomic mass is 19.1. The first kappa shape index (κ1) is 18.8. The molecule has 3 aromatic rings. The van der Waals surface area contributed by atoms with Gasteiger partial charge in [-0.3, -0.25) is 4.79 Å². The van der Waals surface area contributed by atoms with Crippen molar-refractivity contribution < 1.29 is 23.4 Å². The maximum Gasteiger partial charge on any atom is 0.343 e. The smallest absolute Gasteiger partial charge is 0.343 e. The zero-order valence-electron chi connectivity index (χ0n) is 16.0. The van der Waals surface area contributed by atoms with Crippen molar-refractivity contribution >= 4 is 16.9 Å². The fourth-order valence-electron chi connectivity index (χ4n) is 4.45. The van der Waals surface area contributed by atoms with Crippen LogP contribution < -0.4 is 11.3 Å². The van der Waals surface area contributed by atoms with Crippen molar-refractivity contribution in [2.24, 2.45) is 5.73 Å². The molecule has 0 fully saturated rings. The van der Waals surface area contributed by atoms with Gasteiger partial charge in [-0.2, -0.15) is 0 Å². The van der Waals surface area contributed by atoms with Crippen molar-refractivity contribution in [3.63, 3.8) is 0 Å². The second-order valence-corrected chi connectivity index (χ2v) is 7.51. The minimum atomic E-state index is -1.95. The Kier molecular flexibility index (Phi) is 3.87. The molecule has 2 aliphatic rings. The number of carbonyl (C=O) groups excluding carboxylic acids is 1. The predicted molar refractivity (Wildman–Crippen MR) is 102 cm³/mol. The number of esters is 1. The molecule has 4 heterocycles. The number of aromatic nitrogens is 2. The van der Waals surface area contributed by atoms with Crippen molar-refractivity contribution in [3.05, 3.63) is 62.4 Å². The zero-order valence-corrected chi connectivity index (χ0v) is 16.0. The molecule has 0 unspecified atom stereocenters. The zero-order chi connectivity index (χ0) is 21.4. The number of ether oxygens (including phenoxy) is 1. The molecular weight excluding hydrogens is 396 g/mol. The maximum absolute atomic E-state index is 14.5. The summed E-state index contributed by atoms with van der Waals surface area (Å²) in [5.41, 5.74) is 5.66. The molecule has 0 spiro atoms. The fraction of sp³-hybridized carbons (Fsp3) is 0.286. The lowest BCUT2D eigenvalue weighted by atomic mass is 9.86. The van der Waals surface area contributed by atoms with Crippen LogP contribution in [-0.2, 0) is 34.8 Å². The van der Waals surface area contributed by atoms with E-state index >= 15 is 0 Å². The lowest BCUT2D eigenvalue weighted by molar-refractivity contribution is -0.172. The highest BCUT2D eigenvalue weighted by Crippen LogP contribution is 2.40. The number of aliphatic hydroxyl groups is 1. The van der Waals surface area contributed by atoms with Gasteiger partial charge in [-0.15, -0.1) is 0 Å². The molecule has 1 aromatic carbocycles. The molecule has 30 heavy (non-hydrogen) atoms. The lowest BCUT2D eigenvalue weighted by Crippen LogP contribution is -2.44. The van der Waals surface area contributed by atoms with Gasteiger partial charge < -0.3 is 20.1 Å². The Labute approximate surface area is 168 Å². The van der Waals surface area contributed by atoms with Gasteiger partial charge >= 0.3 is 5.97 Å².